The van der Waals surface area contributed by atoms with Gasteiger partial charge in [-0.1, -0.05) is 0 Å². The van der Waals surface area contributed by atoms with Crippen LogP contribution in [-0.4, -0.2) is 36.9 Å². The van der Waals surface area contributed by atoms with Crippen LogP contribution in [0.5, 0.6) is 0 Å². The summed E-state index contributed by atoms with van der Waals surface area (Å²) in [7, 11) is 1.35. The number of carbonyl (C=O) groups excluding carboxylic acids is 1. The Labute approximate surface area is 78.3 Å². The van der Waals surface area contributed by atoms with Crippen molar-refractivity contribution in [3.05, 3.63) is 0 Å². The molecule has 76 valence electrons. The molecule has 0 aromatic carbocycles. The van der Waals surface area contributed by atoms with Crippen LogP contribution in [0.3, 0.4) is 0 Å². The maximum atomic E-state index is 11.0. The number of nitrogens with one attached hydrogen (secondary N) is 1. The highest BCUT2D eigenvalue weighted by Crippen LogP contribution is 2.23. The fraction of sp³-hybridized carbons (Fsp3) is 0.889. The van der Waals surface area contributed by atoms with E-state index >= 15 is 0 Å². The Bertz CT molecular complexity index is 174. The number of ether oxygens (including phenoxy) is 1. The monoisotopic (exact) mass is 187 g/mol. The van der Waals surface area contributed by atoms with Gasteiger partial charge in [0.05, 0.1) is 19.1 Å². The molecule has 0 aromatic heterocycles. The molecule has 1 rings (SSSR count). The third kappa shape index (κ3) is 3.32. The lowest BCUT2D eigenvalue weighted by atomic mass is 9.91. The lowest BCUT2D eigenvalue weighted by Crippen LogP contribution is -2.33. The van der Waals surface area contributed by atoms with E-state index in [9.17, 15) is 9.90 Å². The highest BCUT2D eigenvalue weighted by atomic mass is 16.5. The first-order valence-corrected chi connectivity index (χ1v) is 4.66. The first kappa shape index (κ1) is 10.5. The largest absolute Gasteiger partial charge is 0.469 e. The summed E-state index contributed by atoms with van der Waals surface area (Å²) in [4.78, 5) is 11.0. The topological polar surface area (TPSA) is 58.6 Å². The van der Waals surface area contributed by atoms with Gasteiger partial charge in [0, 0.05) is 0 Å². The van der Waals surface area contributed by atoms with Crippen molar-refractivity contribution in [3.63, 3.8) is 0 Å². The molecule has 1 saturated heterocycles. The molecule has 1 aliphatic heterocycles. The van der Waals surface area contributed by atoms with Gasteiger partial charge in [-0.3, -0.25) is 4.79 Å². The van der Waals surface area contributed by atoms with E-state index in [1.54, 1.807) is 0 Å². The zero-order valence-corrected chi connectivity index (χ0v) is 8.01. The van der Waals surface area contributed by atoms with Gasteiger partial charge in [-0.25, -0.2) is 0 Å². The van der Waals surface area contributed by atoms with Gasteiger partial charge < -0.3 is 15.2 Å². The Balaban J connectivity index is 2.46. The van der Waals surface area contributed by atoms with Gasteiger partial charge in [0.25, 0.3) is 0 Å². The molecule has 1 aliphatic rings. The number of hydrogen-bond acceptors (Lipinski definition) is 4. The molecule has 0 aliphatic carbocycles. The van der Waals surface area contributed by atoms with E-state index in [1.165, 1.54) is 7.11 Å². The average Bonchev–Trinajstić information content (AvgIpc) is 2.30. The van der Waals surface area contributed by atoms with Crippen LogP contribution in [0, 0.1) is 0 Å². The van der Waals surface area contributed by atoms with Crippen LogP contribution >= 0.6 is 0 Å². The van der Waals surface area contributed by atoms with E-state index < -0.39 is 5.60 Å². The number of hydrogen-bond donors (Lipinski definition) is 2. The van der Waals surface area contributed by atoms with Crippen molar-refractivity contribution in [1.82, 2.24) is 5.32 Å². The summed E-state index contributed by atoms with van der Waals surface area (Å²) in [5.74, 6) is -0.329. The summed E-state index contributed by atoms with van der Waals surface area (Å²) in [5.41, 5.74) is -0.851. The summed E-state index contributed by atoms with van der Waals surface area (Å²) in [5, 5.41) is 13.2. The number of methoxy groups -OCH3 is 1. The second-order valence-corrected chi connectivity index (χ2v) is 3.58. The zero-order chi connectivity index (χ0) is 9.73. The van der Waals surface area contributed by atoms with Crippen LogP contribution < -0.4 is 5.32 Å². The molecule has 0 radical (unpaired) electrons. The third-order valence-electron chi connectivity index (χ3n) is 2.46. The first-order chi connectivity index (χ1) is 6.16. The molecule has 2 N–H and O–H groups in total. The van der Waals surface area contributed by atoms with Crippen molar-refractivity contribution in [2.24, 2.45) is 0 Å². The molecule has 1 fully saturated rings. The average molecular weight is 187 g/mol. The number of rotatable bonds is 2. The molecule has 1 unspecified atom stereocenters. The standard InChI is InChI=1S/C9H17NO3/c1-13-8(11)7-9(12)3-2-5-10-6-4-9/h10,12H,2-7H2,1H3. The van der Waals surface area contributed by atoms with Gasteiger partial charge >= 0.3 is 5.97 Å². The summed E-state index contributed by atoms with van der Waals surface area (Å²) < 4.78 is 4.54. The molecule has 1 atom stereocenters. The van der Waals surface area contributed by atoms with Crippen LogP contribution in [0.1, 0.15) is 25.7 Å². The quantitative estimate of drug-likeness (QED) is 0.600. The summed E-state index contributed by atoms with van der Waals surface area (Å²) in [6.07, 6.45) is 2.33. The van der Waals surface area contributed by atoms with Gasteiger partial charge in [-0.2, -0.15) is 0 Å². The molecule has 0 bridgehead atoms. The molecule has 0 spiro atoms. The van der Waals surface area contributed by atoms with E-state index in [4.69, 9.17) is 0 Å². The van der Waals surface area contributed by atoms with Crippen molar-refractivity contribution in [3.8, 4) is 0 Å². The van der Waals surface area contributed by atoms with E-state index in [1.807, 2.05) is 0 Å². The SMILES string of the molecule is COC(=O)CC1(O)CCCNCC1. The number of carbonyl (C=O) groups is 1. The predicted molar refractivity (Wildman–Crippen MR) is 48.3 cm³/mol. The summed E-state index contributed by atoms with van der Waals surface area (Å²) in [6.45, 7) is 1.69. The minimum absolute atomic E-state index is 0.116. The fourth-order valence-corrected chi connectivity index (χ4v) is 1.63. The highest BCUT2D eigenvalue weighted by Gasteiger charge is 2.30. The van der Waals surface area contributed by atoms with Crippen molar-refractivity contribution in [2.45, 2.75) is 31.3 Å². The molecule has 4 heteroatoms. The van der Waals surface area contributed by atoms with Gasteiger partial charge in [0.15, 0.2) is 0 Å². The molecular formula is C9H17NO3. The molecule has 0 aromatic rings. The Hall–Kier alpha value is -0.610. The smallest absolute Gasteiger partial charge is 0.308 e. The van der Waals surface area contributed by atoms with Crippen molar-refractivity contribution >= 4 is 5.97 Å². The Morgan fingerprint density at radius 3 is 3.00 bits per heavy atom. The lowest BCUT2D eigenvalue weighted by molar-refractivity contribution is -0.146. The van der Waals surface area contributed by atoms with Crippen molar-refractivity contribution in [1.29, 1.82) is 0 Å². The zero-order valence-electron chi connectivity index (χ0n) is 8.01. The Kier molecular flexibility index (Phi) is 3.69. The highest BCUT2D eigenvalue weighted by molar-refractivity contribution is 5.70. The number of esters is 1. The summed E-state index contributed by atoms with van der Waals surface area (Å²) in [6, 6.07) is 0. The van der Waals surface area contributed by atoms with E-state index in [0.717, 1.165) is 19.5 Å². The second-order valence-electron chi connectivity index (χ2n) is 3.58. The molecule has 0 amide bonds. The van der Waals surface area contributed by atoms with Crippen molar-refractivity contribution < 1.29 is 14.6 Å². The van der Waals surface area contributed by atoms with Crippen LogP contribution in [0.4, 0.5) is 0 Å². The normalized spacial score (nSPS) is 29.4. The van der Waals surface area contributed by atoms with Crippen LogP contribution in [0.15, 0.2) is 0 Å². The van der Waals surface area contributed by atoms with Crippen molar-refractivity contribution in [2.75, 3.05) is 20.2 Å². The van der Waals surface area contributed by atoms with Crippen LogP contribution in [0.2, 0.25) is 0 Å². The van der Waals surface area contributed by atoms with E-state index in [-0.39, 0.29) is 12.4 Å². The molecule has 0 saturated carbocycles. The third-order valence-corrected chi connectivity index (χ3v) is 2.46. The maximum Gasteiger partial charge on any atom is 0.308 e. The van der Waals surface area contributed by atoms with Gasteiger partial charge in [0.1, 0.15) is 0 Å². The summed E-state index contributed by atoms with van der Waals surface area (Å²) >= 11 is 0. The molecule has 1 heterocycles. The van der Waals surface area contributed by atoms with Gasteiger partial charge in [-0.05, 0) is 32.4 Å². The van der Waals surface area contributed by atoms with E-state index in [2.05, 4.69) is 10.1 Å². The molecule has 13 heavy (non-hydrogen) atoms. The fourth-order valence-electron chi connectivity index (χ4n) is 1.63. The van der Waals surface area contributed by atoms with Crippen LogP contribution in [0.25, 0.3) is 0 Å². The second kappa shape index (κ2) is 4.58. The Morgan fingerprint density at radius 2 is 2.31 bits per heavy atom. The lowest BCUT2D eigenvalue weighted by Gasteiger charge is -2.24. The molecular weight excluding hydrogens is 170 g/mol. The predicted octanol–water partition coefficient (Wildman–Crippen LogP) is 0.0541. The van der Waals surface area contributed by atoms with Gasteiger partial charge in [0.2, 0.25) is 0 Å². The van der Waals surface area contributed by atoms with Gasteiger partial charge in [-0.15, -0.1) is 0 Å². The molecule has 4 nitrogen and oxygen atoms in total. The minimum atomic E-state index is -0.851. The van der Waals surface area contributed by atoms with E-state index in [0.29, 0.717) is 12.8 Å². The first-order valence-electron chi connectivity index (χ1n) is 4.66. The maximum absolute atomic E-state index is 11.0. The number of aliphatic hydroxyl groups is 1. The Morgan fingerprint density at radius 1 is 1.54 bits per heavy atom. The minimum Gasteiger partial charge on any atom is -0.469 e. The van der Waals surface area contributed by atoms with Crippen LogP contribution in [-0.2, 0) is 9.53 Å².